The molecule has 152 valence electrons. The molecular formula is C19H21F4N3O2. The Balaban J connectivity index is 1.92. The number of carbonyl (C=O) groups excluding carboxylic acids is 1. The Morgan fingerprint density at radius 1 is 1.18 bits per heavy atom. The Labute approximate surface area is 159 Å². The lowest BCUT2D eigenvalue weighted by atomic mass is 10.0. The van der Waals surface area contributed by atoms with Crippen molar-refractivity contribution >= 4 is 6.09 Å². The Bertz CT molecular complexity index is 867. The predicted molar refractivity (Wildman–Crippen MR) is 93.1 cm³/mol. The van der Waals surface area contributed by atoms with Gasteiger partial charge in [0.2, 0.25) is 0 Å². The first kappa shape index (κ1) is 20.2. The molecule has 0 saturated heterocycles. The first-order chi connectivity index (χ1) is 12.9. The number of hydrogen-bond donors (Lipinski definition) is 0. The lowest BCUT2D eigenvalue weighted by Crippen LogP contribution is -2.40. The van der Waals surface area contributed by atoms with Gasteiger partial charge in [0.05, 0.1) is 18.8 Å². The molecule has 0 radical (unpaired) electrons. The minimum absolute atomic E-state index is 0.0332. The number of fused-ring (bicyclic) bond motifs is 1. The molecule has 28 heavy (non-hydrogen) atoms. The number of nitrogens with zero attached hydrogens (tertiary/aromatic N) is 3. The van der Waals surface area contributed by atoms with Gasteiger partial charge in [-0.05, 0) is 44.9 Å². The van der Waals surface area contributed by atoms with Gasteiger partial charge in [-0.25, -0.2) is 9.18 Å². The fourth-order valence-corrected chi connectivity index (χ4v) is 3.08. The van der Waals surface area contributed by atoms with Crippen molar-refractivity contribution in [2.24, 2.45) is 0 Å². The van der Waals surface area contributed by atoms with E-state index < -0.39 is 29.4 Å². The fraction of sp³-hybridized carbons (Fsp3) is 0.474. The molecule has 1 aliphatic heterocycles. The van der Waals surface area contributed by atoms with Crippen LogP contribution in [0.25, 0.3) is 0 Å². The molecule has 2 aromatic rings. The van der Waals surface area contributed by atoms with Crippen LogP contribution in [0.15, 0.2) is 24.3 Å². The Morgan fingerprint density at radius 3 is 2.39 bits per heavy atom. The third-order valence-electron chi connectivity index (χ3n) is 4.30. The topological polar surface area (TPSA) is 47.4 Å². The van der Waals surface area contributed by atoms with Gasteiger partial charge in [-0.1, -0.05) is 12.1 Å². The van der Waals surface area contributed by atoms with Crippen molar-refractivity contribution < 1.29 is 27.1 Å². The second kappa shape index (κ2) is 7.10. The van der Waals surface area contributed by atoms with E-state index in [1.807, 2.05) is 0 Å². The number of carbonyl (C=O) groups is 1. The number of alkyl halides is 3. The van der Waals surface area contributed by atoms with Crippen molar-refractivity contribution in [2.45, 2.75) is 52.1 Å². The van der Waals surface area contributed by atoms with Crippen LogP contribution in [0, 0.1) is 5.82 Å². The number of rotatable bonds is 2. The molecular weight excluding hydrogens is 378 g/mol. The maximum absolute atomic E-state index is 13.4. The van der Waals surface area contributed by atoms with Gasteiger partial charge in [0, 0.05) is 12.1 Å². The van der Waals surface area contributed by atoms with Gasteiger partial charge in [-0.2, -0.15) is 18.3 Å². The van der Waals surface area contributed by atoms with Gasteiger partial charge >= 0.3 is 12.3 Å². The average Bonchev–Trinajstić information content (AvgIpc) is 2.93. The highest BCUT2D eigenvalue weighted by atomic mass is 19.4. The zero-order valence-electron chi connectivity index (χ0n) is 15.8. The zero-order chi connectivity index (χ0) is 20.7. The normalized spacial score (nSPS) is 14.8. The molecule has 0 spiro atoms. The van der Waals surface area contributed by atoms with Crippen LogP contribution in [0.4, 0.5) is 22.4 Å². The molecule has 9 heteroatoms. The summed E-state index contributed by atoms with van der Waals surface area (Å²) >= 11 is 0. The summed E-state index contributed by atoms with van der Waals surface area (Å²) in [7, 11) is 0. The van der Waals surface area contributed by atoms with E-state index in [2.05, 4.69) is 5.10 Å². The van der Waals surface area contributed by atoms with Crippen LogP contribution in [0.3, 0.4) is 0 Å². The quantitative estimate of drug-likeness (QED) is 0.704. The van der Waals surface area contributed by atoms with Crippen LogP contribution in [0.1, 0.15) is 43.3 Å². The molecule has 1 aromatic carbocycles. The van der Waals surface area contributed by atoms with Gasteiger partial charge in [-0.3, -0.25) is 4.68 Å². The standard InChI is InChI=1S/C19H21F4N3O2/c1-18(2,3)28-17(27)25-9-8-14-15(11-25)26(24-16(14)19(21,22)23)10-12-4-6-13(20)7-5-12/h4-7H,8-11H2,1-3H3. The summed E-state index contributed by atoms with van der Waals surface area (Å²) < 4.78 is 60.0. The summed E-state index contributed by atoms with van der Waals surface area (Å²) in [6.45, 7) is 5.30. The molecule has 0 unspecified atom stereocenters. The zero-order valence-corrected chi connectivity index (χ0v) is 15.8. The maximum atomic E-state index is 13.4. The predicted octanol–water partition coefficient (Wildman–Crippen LogP) is 4.38. The molecule has 3 rings (SSSR count). The van der Waals surface area contributed by atoms with Gasteiger partial charge in [0.25, 0.3) is 0 Å². The van der Waals surface area contributed by atoms with Crippen LogP contribution >= 0.6 is 0 Å². The molecule has 0 bridgehead atoms. The number of halogens is 4. The summed E-state index contributed by atoms with van der Waals surface area (Å²) in [5.41, 5.74) is -0.630. The smallest absolute Gasteiger partial charge is 0.435 e. The summed E-state index contributed by atoms with van der Waals surface area (Å²) in [5.74, 6) is -0.432. The molecule has 5 nitrogen and oxygen atoms in total. The Hall–Kier alpha value is -2.58. The summed E-state index contributed by atoms with van der Waals surface area (Å²) in [6, 6.07) is 5.46. The molecule has 1 aromatic heterocycles. The van der Waals surface area contributed by atoms with Crippen molar-refractivity contribution in [3.63, 3.8) is 0 Å². The van der Waals surface area contributed by atoms with Crippen LogP contribution in [0.5, 0.6) is 0 Å². The minimum atomic E-state index is -4.59. The van der Waals surface area contributed by atoms with Crippen molar-refractivity contribution in [1.29, 1.82) is 0 Å². The number of amides is 1. The largest absolute Gasteiger partial charge is 0.444 e. The summed E-state index contributed by atoms with van der Waals surface area (Å²) in [6.07, 6.45) is -5.14. The van der Waals surface area contributed by atoms with Crippen LogP contribution in [-0.4, -0.2) is 32.9 Å². The minimum Gasteiger partial charge on any atom is -0.444 e. The van der Waals surface area contributed by atoms with E-state index in [-0.39, 0.29) is 31.6 Å². The van der Waals surface area contributed by atoms with E-state index >= 15 is 0 Å². The van der Waals surface area contributed by atoms with Crippen LogP contribution < -0.4 is 0 Å². The third kappa shape index (κ3) is 4.45. The molecule has 0 aliphatic carbocycles. The molecule has 2 heterocycles. The lowest BCUT2D eigenvalue weighted by molar-refractivity contribution is -0.142. The van der Waals surface area contributed by atoms with Gasteiger partial charge in [0.15, 0.2) is 5.69 Å². The second-order valence-electron chi connectivity index (χ2n) is 7.71. The van der Waals surface area contributed by atoms with Crippen LogP contribution in [0.2, 0.25) is 0 Å². The highest BCUT2D eigenvalue weighted by Gasteiger charge is 2.41. The Morgan fingerprint density at radius 2 is 1.82 bits per heavy atom. The molecule has 0 fully saturated rings. The maximum Gasteiger partial charge on any atom is 0.435 e. The molecule has 1 aliphatic rings. The number of hydrogen-bond acceptors (Lipinski definition) is 3. The van der Waals surface area contributed by atoms with E-state index in [0.29, 0.717) is 11.3 Å². The van der Waals surface area contributed by atoms with E-state index in [1.165, 1.54) is 33.8 Å². The molecule has 0 N–H and O–H groups in total. The van der Waals surface area contributed by atoms with Gasteiger partial charge < -0.3 is 9.64 Å². The highest BCUT2D eigenvalue weighted by Crippen LogP contribution is 2.35. The van der Waals surface area contributed by atoms with Crippen LogP contribution in [-0.2, 0) is 30.4 Å². The summed E-state index contributed by atoms with van der Waals surface area (Å²) in [5, 5.41) is 3.77. The fourth-order valence-electron chi connectivity index (χ4n) is 3.08. The summed E-state index contributed by atoms with van der Waals surface area (Å²) in [4.78, 5) is 13.7. The average molecular weight is 399 g/mol. The number of ether oxygens (including phenoxy) is 1. The lowest BCUT2D eigenvalue weighted by Gasteiger charge is -2.30. The SMILES string of the molecule is CC(C)(C)OC(=O)N1CCc2c(C(F)(F)F)nn(Cc3ccc(F)cc3)c2C1. The van der Waals surface area contributed by atoms with E-state index in [1.54, 1.807) is 20.8 Å². The first-order valence-corrected chi connectivity index (χ1v) is 8.82. The molecule has 0 atom stereocenters. The van der Waals surface area contributed by atoms with Crippen molar-refractivity contribution in [3.8, 4) is 0 Å². The number of aromatic nitrogens is 2. The first-order valence-electron chi connectivity index (χ1n) is 8.82. The monoisotopic (exact) mass is 399 g/mol. The van der Waals surface area contributed by atoms with Gasteiger partial charge in [-0.15, -0.1) is 0 Å². The molecule has 1 amide bonds. The highest BCUT2D eigenvalue weighted by molar-refractivity contribution is 5.68. The van der Waals surface area contributed by atoms with E-state index in [4.69, 9.17) is 4.74 Å². The molecule has 0 saturated carbocycles. The third-order valence-corrected chi connectivity index (χ3v) is 4.30. The Kier molecular flexibility index (Phi) is 5.12. The van der Waals surface area contributed by atoms with Crippen molar-refractivity contribution in [2.75, 3.05) is 6.54 Å². The second-order valence-corrected chi connectivity index (χ2v) is 7.71. The van der Waals surface area contributed by atoms with Crippen molar-refractivity contribution in [1.82, 2.24) is 14.7 Å². The van der Waals surface area contributed by atoms with Gasteiger partial charge in [0.1, 0.15) is 11.4 Å². The number of benzene rings is 1. The van der Waals surface area contributed by atoms with E-state index in [9.17, 15) is 22.4 Å². The van der Waals surface area contributed by atoms with E-state index in [0.717, 1.165) is 0 Å². The van der Waals surface area contributed by atoms with Crippen molar-refractivity contribution in [3.05, 3.63) is 52.6 Å².